The second kappa shape index (κ2) is 14.6. The summed E-state index contributed by atoms with van der Waals surface area (Å²) < 4.78 is 0. The van der Waals surface area contributed by atoms with Crippen molar-refractivity contribution in [3.05, 3.63) is 24.3 Å². The lowest BCUT2D eigenvalue weighted by molar-refractivity contribution is -0.137. The van der Waals surface area contributed by atoms with Gasteiger partial charge in [0.15, 0.2) is 0 Å². The van der Waals surface area contributed by atoms with Crippen molar-refractivity contribution in [1.82, 2.24) is 0 Å². The summed E-state index contributed by atoms with van der Waals surface area (Å²) in [6.45, 7) is 3.56. The molecule has 142 valence electrons. The molecular weight excluding hydrogens is 320 g/mol. The van der Waals surface area contributed by atoms with Gasteiger partial charge in [-0.2, -0.15) is 0 Å². The third-order valence-electron chi connectivity index (χ3n) is 4.12. The van der Waals surface area contributed by atoms with E-state index in [2.05, 4.69) is 6.92 Å². The molecule has 2 N–H and O–H groups in total. The first-order chi connectivity index (χ1) is 11.9. The van der Waals surface area contributed by atoms with E-state index in [1.807, 2.05) is 12.2 Å². The van der Waals surface area contributed by atoms with Crippen molar-refractivity contribution in [1.29, 1.82) is 0 Å². The molecule has 0 aromatic heterocycles. The van der Waals surface area contributed by atoms with E-state index in [0.717, 1.165) is 12.8 Å². The van der Waals surface area contributed by atoms with Gasteiger partial charge in [0.25, 0.3) is 0 Å². The number of carboxylic acids is 1. The Kier molecular flexibility index (Phi) is 13.6. The predicted molar refractivity (Wildman–Crippen MR) is 98.3 cm³/mol. The molecular formula is C20H32O5. The van der Waals surface area contributed by atoms with Crippen LogP contribution >= 0.6 is 0 Å². The third kappa shape index (κ3) is 12.3. The SMILES string of the molecule is CCCCC/C=C\CC(O)/C=C/[C@H](C=O)[C@@H](CCCC(=O)O)C(C)=O. The average molecular weight is 352 g/mol. The highest BCUT2D eigenvalue weighted by atomic mass is 16.4. The van der Waals surface area contributed by atoms with E-state index in [-0.39, 0.29) is 12.2 Å². The van der Waals surface area contributed by atoms with Gasteiger partial charge in [0, 0.05) is 18.3 Å². The van der Waals surface area contributed by atoms with Crippen LogP contribution in [0.3, 0.4) is 0 Å². The van der Waals surface area contributed by atoms with Crippen molar-refractivity contribution in [2.75, 3.05) is 0 Å². The topological polar surface area (TPSA) is 91.7 Å². The number of aliphatic hydroxyl groups excluding tert-OH is 1. The Morgan fingerprint density at radius 3 is 2.36 bits per heavy atom. The van der Waals surface area contributed by atoms with Crippen molar-refractivity contribution in [3.63, 3.8) is 0 Å². The molecule has 0 aliphatic carbocycles. The Morgan fingerprint density at radius 2 is 1.80 bits per heavy atom. The lowest BCUT2D eigenvalue weighted by atomic mass is 9.85. The first kappa shape index (κ1) is 23.2. The molecule has 25 heavy (non-hydrogen) atoms. The zero-order chi connectivity index (χ0) is 19.1. The smallest absolute Gasteiger partial charge is 0.303 e. The number of aliphatic hydroxyl groups is 1. The van der Waals surface area contributed by atoms with Gasteiger partial charge >= 0.3 is 5.97 Å². The Balaban J connectivity index is 4.48. The highest BCUT2D eigenvalue weighted by molar-refractivity contribution is 5.82. The van der Waals surface area contributed by atoms with Gasteiger partial charge in [0.05, 0.1) is 6.10 Å². The number of hydrogen-bond donors (Lipinski definition) is 2. The van der Waals surface area contributed by atoms with Crippen molar-refractivity contribution >= 4 is 18.0 Å². The lowest BCUT2D eigenvalue weighted by Gasteiger charge is -2.17. The summed E-state index contributed by atoms with van der Waals surface area (Å²) in [6, 6.07) is 0. The van der Waals surface area contributed by atoms with Crippen LogP contribution in [0.2, 0.25) is 0 Å². The quantitative estimate of drug-likeness (QED) is 0.266. The normalized spacial score (nSPS) is 15.3. The molecule has 5 heteroatoms. The van der Waals surface area contributed by atoms with Crippen LogP contribution in [0, 0.1) is 11.8 Å². The first-order valence-corrected chi connectivity index (χ1v) is 9.11. The molecule has 0 fully saturated rings. The molecule has 0 bridgehead atoms. The monoisotopic (exact) mass is 352 g/mol. The Bertz CT molecular complexity index is 453. The van der Waals surface area contributed by atoms with Crippen molar-refractivity contribution < 1.29 is 24.6 Å². The molecule has 3 atom stereocenters. The molecule has 0 heterocycles. The zero-order valence-electron chi connectivity index (χ0n) is 15.4. The number of allylic oxidation sites excluding steroid dienone is 2. The predicted octanol–water partition coefficient (Wildman–Crippen LogP) is 3.71. The number of carbonyl (C=O) groups excluding carboxylic acids is 2. The van der Waals surface area contributed by atoms with E-state index >= 15 is 0 Å². The van der Waals surface area contributed by atoms with Gasteiger partial charge in [-0.1, -0.05) is 44.1 Å². The largest absolute Gasteiger partial charge is 0.481 e. The zero-order valence-corrected chi connectivity index (χ0v) is 15.4. The lowest BCUT2D eigenvalue weighted by Crippen LogP contribution is -2.22. The Morgan fingerprint density at radius 1 is 1.08 bits per heavy atom. The minimum atomic E-state index is -0.915. The molecule has 0 saturated carbocycles. The van der Waals surface area contributed by atoms with E-state index in [1.165, 1.54) is 19.8 Å². The summed E-state index contributed by atoms with van der Waals surface area (Å²) in [5.41, 5.74) is 0. The van der Waals surface area contributed by atoms with Crippen LogP contribution in [-0.4, -0.2) is 34.4 Å². The minimum Gasteiger partial charge on any atom is -0.481 e. The van der Waals surface area contributed by atoms with E-state index in [4.69, 9.17) is 5.11 Å². The highest BCUT2D eigenvalue weighted by Crippen LogP contribution is 2.20. The fourth-order valence-corrected chi connectivity index (χ4v) is 2.62. The Labute approximate surface area is 150 Å². The van der Waals surface area contributed by atoms with E-state index in [9.17, 15) is 19.5 Å². The molecule has 0 saturated heterocycles. The first-order valence-electron chi connectivity index (χ1n) is 9.11. The van der Waals surface area contributed by atoms with Crippen LogP contribution in [0.25, 0.3) is 0 Å². The molecule has 0 aliphatic heterocycles. The number of hydrogen-bond acceptors (Lipinski definition) is 4. The summed E-state index contributed by atoms with van der Waals surface area (Å²) in [6.07, 6.45) is 12.7. The van der Waals surface area contributed by atoms with Gasteiger partial charge in [-0.3, -0.25) is 9.59 Å². The van der Waals surface area contributed by atoms with E-state index in [0.29, 0.717) is 25.5 Å². The van der Waals surface area contributed by atoms with E-state index in [1.54, 1.807) is 12.2 Å². The number of aldehydes is 1. The average Bonchev–Trinajstić information content (AvgIpc) is 2.56. The Hall–Kier alpha value is -1.75. The maximum Gasteiger partial charge on any atom is 0.303 e. The van der Waals surface area contributed by atoms with Gasteiger partial charge in [-0.15, -0.1) is 0 Å². The fraction of sp³-hybridized carbons (Fsp3) is 0.650. The van der Waals surface area contributed by atoms with Gasteiger partial charge in [-0.05, 0) is 39.0 Å². The van der Waals surface area contributed by atoms with Gasteiger partial charge in [0.2, 0.25) is 0 Å². The maximum absolute atomic E-state index is 11.7. The number of rotatable bonds is 15. The molecule has 0 aliphatic rings. The van der Waals surface area contributed by atoms with Crippen molar-refractivity contribution in [2.45, 2.75) is 71.3 Å². The van der Waals surface area contributed by atoms with Crippen LogP contribution in [-0.2, 0) is 14.4 Å². The van der Waals surface area contributed by atoms with Crippen LogP contribution in [0.4, 0.5) is 0 Å². The van der Waals surface area contributed by atoms with Crippen LogP contribution in [0.5, 0.6) is 0 Å². The number of Topliss-reactive ketones (excluding diaryl/α,β-unsaturated/α-hetero) is 1. The summed E-state index contributed by atoms with van der Waals surface area (Å²) in [4.78, 5) is 33.6. The molecule has 5 nitrogen and oxygen atoms in total. The molecule has 0 amide bonds. The molecule has 0 rings (SSSR count). The highest BCUT2D eigenvalue weighted by Gasteiger charge is 2.23. The summed E-state index contributed by atoms with van der Waals surface area (Å²) in [5.74, 6) is -2.22. The molecule has 0 aromatic carbocycles. The summed E-state index contributed by atoms with van der Waals surface area (Å²) in [7, 11) is 0. The van der Waals surface area contributed by atoms with Crippen LogP contribution in [0.15, 0.2) is 24.3 Å². The molecule has 1 unspecified atom stereocenters. The standard InChI is InChI=1S/C20H32O5/c1-3-4-5-6-7-8-10-18(23)14-13-17(15-21)19(16(2)22)11-9-12-20(24)25/h7-8,13-15,17-19,23H,3-6,9-12H2,1-2H3,(H,24,25)/b8-7-,14-13+/t17-,18?,19+/m1/s1. The minimum absolute atomic E-state index is 0.0233. The molecule has 0 radical (unpaired) electrons. The number of carboxylic acid groups (broad SMARTS) is 1. The number of ketones is 1. The van der Waals surface area contributed by atoms with Gasteiger partial charge in [-0.25, -0.2) is 0 Å². The summed E-state index contributed by atoms with van der Waals surface area (Å²) >= 11 is 0. The second-order valence-electron chi connectivity index (χ2n) is 6.37. The van der Waals surface area contributed by atoms with E-state index < -0.39 is 23.9 Å². The van der Waals surface area contributed by atoms with Crippen LogP contribution in [0.1, 0.15) is 65.2 Å². The van der Waals surface area contributed by atoms with Crippen LogP contribution < -0.4 is 0 Å². The fourth-order valence-electron chi connectivity index (χ4n) is 2.62. The van der Waals surface area contributed by atoms with Gasteiger partial charge < -0.3 is 15.0 Å². The van der Waals surface area contributed by atoms with Gasteiger partial charge in [0.1, 0.15) is 12.1 Å². The van der Waals surface area contributed by atoms with Crippen molar-refractivity contribution in [2.24, 2.45) is 11.8 Å². The summed E-state index contributed by atoms with van der Waals surface area (Å²) in [5, 5.41) is 18.6. The maximum atomic E-state index is 11.7. The third-order valence-corrected chi connectivity index (χ3v) is 4.12. The number of unbranched alkanes of at least 4 members (excludes halogenated alkanes) is 3. The molecule has 0 spiro atoms. The molecule has 0 aromatic rings. The number of carbonyl (C=O) groups is 3. The second-order valence-corrected chi connectivity index (χ2v) is 6.37. The number of aliphatic carboxylic acids is 1. The van der Waals surface area contributed by atoms with Crippen molar-refractivity contribution in [3.8, 4) is 0 Å².